The molecule has 0 fully saturated rings. The number of thioether (sulfide) groups is 1. The molecule has 0 saturated heterocycles. The number of hydrogen-bond donors (Lipinski definition) is 1. The number of halogens is 1. The summed E-state index contributed by atoms with van der Waals surface area (Å²) in [5, 5.41) is 0. The highest BCUT2D eigenvalue weighted by molar-refractivity contribution is 9.10. The Morgan fingerprint density at radius 2 is 2.11 bits per heavy atom. The number of sulfonamides is 1. The summed E-state index contributed by atoms with van der Waals surface area (Å²) in [6.07, 6.45) is 1.93. The topological polar surface area (TPSA) is 72.6 Å². The Labute approximate surface area is 126 Å². The van der Waals surface area contributed by atoms with Crippen LogP contribution in [-0.2, 0) is 10.0 Å². The zero-order valence-corrected chi connectivity index (χ0v) is 14.2. The molecule has 0 radical (unpaired) electrons. The minimum atomic E-state index is -3.60. The molecule has 2 N–H and O–H groups in total. The van der Waals surface area contributed by atoms with Crippen molar-refractivity contribution in [2.45, 2.75) is 4.90 Å². The minimum absolute atomic E-state index is 0.0827. The van der Waals surface area contributed by atoms with Crippen LogP contribution in [0.3, 0.4) is 0 Å². The zero-order valence-electron chi connectivity index (χ0n) is 11.0. The molecule has 19 heavy (non-hydrogen) atoms. The molecular formula is C11H17BrN2O3S2. The van der Waals surface area contributed by atoms with Gasteiger partial charge in [-0.2, -0.15) is 16.1 Å². The van der Waals surface area contributed by atoms with E-state index in [1.165, 1.54) is 17.5 Å². The molecule has 0 aliphatic carbocycles. The highest BCUT2D eigenvalue weighted by atomic mass is 79.9. The quantitative estimate of drug-likeness (QED) is 0.777. The van der Waals surface area contributed by atoms with Crippen molar-refractivity contribution >= 4 is 43.4 Å². The number of ether oxygens (including phenoxy) is 1. The molecular weight excluding hydrogens is 352 g/mol. The number of nitrogens with zero attached hydrogens (tertiary/aromatic N) is 1. The Kier molecular flexibility index (Phi) is 5.97. The molecule has 0 aliphatic heterocycles. The second-order valence-corrected chi connectivity index (χ2v) is 7.70. The van der Waals surface area contributed by atoms with Crippen LogP contribution in [0.2, 0.25) is 0 Å². The van der Waals surface area contributed by atoms with Gasteiger partial charge in [0.25, 0.3) is 0 Å². The van der Waals surface area contributed by atoms with Gasteiger partial charge in [0.05, 0.1) is 7.11 Å². The number of anilines is 1. The molecule has 0 aliphatic rings. The number of rotatable bonds is 6. The average molecular weight is 369 g/mol. The van der Waals surface area contributed by atoms with Gasteiger partial charge in [0, 0.05) is 29.5 Å². The van der Waals surface area contributed by atoms with Crippen molar-refractivity contribution in [1.82, 2.24) is 4.31 Å². The van der Waals surface area contributed by atoms with Crippen molar-refractivity contribution < 1.29 is 13.2 Å². The lowest BCUT2D eigenvalue weighted by Crippen LogP contribution is -2.29. The van der Waals surface area contributed by atoms with Crippen LogP contribution in [0.15, 0.2) is 21.5 Å². The summed E-state index contributed by atoms with van der Waals surface area (Å²) in [4.78, 5) is 0.0827. The maximum atomic E-state index is 12.4. The summed E-state index contributed by atoms with van der Waals surface area (Å²) < 4.78 is 31.9. The van der Waals surface area contributed by atoms with Crippen molar-refractivity contribution in [1.29, 1.82) is 0 Å². The molecule has 0 unspecified atom stereocenters. The summed E-state index contributed by atoms with van der Waals surface area (Å²) >= 11 is 4.84. The summed E-state index contributed by atoms with van der Waals surface area (Å²) in [5.41, 5.74) is 6.11. The van der Waals surface area contributed by atoms with Crippen LogP contribution in [0, 0.1) is 0 Å². The molecule has 0 amide bonds. The van der Waals surface area contributed by atoms with E-state index >= 15 is 0 Å². The van der Waals surface area contributed by atoms with Crippen LogP contribution in [0.1, 0.15) is 0 Å². The van der Waals surface area contributed by atoms with E-state index in [-0.39, 0.29) is 10.6 Å². The van der Waals surface area contributed by atoms with Gasteiger partial charge in [-0.1, -0.05) is 0 Å². The van der Waals surface area contributed by atoms with Gasteiger partial charge in [0.15, 0.2) is 0 Å². The van der Waals surface area contributed by atoms with Gasteiger partial charge in [0.1, 0.15) is 10.6 Å². The number of benzene rings is 1. The number of nitrogen functional groups attached to an aromatic ring is 1. The van der Waals surface area contributed by atoms with E-state index < -0.39 is 10.0 Å². The third-order valence-electron chi connectivity index (χ3n) is 2.58. The first-order chi connectivity index (χ1) is 8.84. The van der Waals surface area contributed by atoms with E-state index in [1.807, 2.05) is 6.26 Å². The molecule has 8 heteroatoms. The highest BCUT2D eigenvalue weighted by Crippen LogP contribution is 2.33. The van der Waals surface area contributed by atoms with E-state index in [2.05, 4.69) is 15.9 Å². The molecule has 0 spiro atoms. The zero-order chi connectivity index (χ0) is 14.6. The van der Waals surface area contributed by atoms with Crippen molar-refractivity contribution in [3.05, 3.63) is 16.6 Å². The Balaban J connectivity index is 3.24. The number of methoxy groups -OCH3 is 1. The third-order valence-corrected chi connectivity index (χ3v) is 5.74. The summed E-state index contributed by atoms with van der Waals surface area (Å²) in [6, 6.07) is 2.97. The predicted octanol–water partition coefficient (Wildman–Crippen LogP) is 2.02. The molecule has 108 valence electrons. The lowest BCUT2D eigenvalue weighted by molar-refractivity contribution is 0.399. The molecule has 0 bridgehead atoms. The summed E-state index contributed by atoms with van der Waals surface area (Å²) in [7, 11) is -0.625. The van der Waals surface area contributed by atoms with Gasteiger partial charge < -0.3 is 10.5 Å². The Hall–Kier alpha value is -0.440. The lowest BCUT2D eigenvalue weighted by atomic mass is 10.3. The molecule has 1 aromatic rings. The number of nitrogens with two attached hydrogens (primary N) is 1. The maximum Gasteiger partial charge on any atom is 0.246 e. The van der Waals surface area contributed by atoms with Gasteiger partial charge >= 0.3 is 0 Å². The first-order valence-corrected chi connectivity index (χ1v) is 9.05. The normalized spacial score (nSPS) is 11.8. The fraction of sp³-hybridized carbons (Fsp3) is 0.455. The second-order valence-electron chi connectivity index (χ2n) is 3.84. The standard InChI is InChI=1S/C11H17BrN2O3S2/c1-14(4-5-18-3)19(15,16)11-7-9(13)8(12)6-10(11)17-2/h6-7H,4-5,13H2,1-3H3. The van der Waals surface area contributed by atoms with Crippen LogP contribution in [0.4, 0.5) is 5.69 Å². The van der Waals surface area contributed by atoms with Gasteiger partial charge in [0.2, 0.25) is 10.0 Å². The fourth-order valence-corrected chi connectivity index (χ4v) is 3.65. The van der Waals surface area contributed by atoms with E-state index in [4.69, 9.17) is 10.5 Å². The Bertz CT molecular complexity index is 549. The summed E-state index contributed by atoms with van der Waals surface area (Å²) in [6.45, 7) is 0.433. The van der Waals surface area contributed by atoms with Crippen molar-refractivity contribution in [2.75, 3.05) is 38.4 Å². The first-order valence-electron chi connectivity index (χ1n) is 5.43. The molecule has 5 nitrogen and oxygen atoms in total. The van der Waals surface area contributed by atoms with E-state index in [1.54, 1.807) is 24.9 Å². The van der Waals surface area contributed by atoms with Crippen molar-refractivity contribution in [3.63, 3.8) is 0 Å². The van der Waals surface area contributed by atoms with E-state index in [0.29, 0.717) is 16.7 Å². The lowest BCUT2D eigenvalue weighted by Gasteiger charge is -2.19. The SMILES string of the molecule is COc1cc(Br)c(N)cc1S(=O)(=O)N(C)CCSC. The average Bonchev–Trinajstić information content (AvgIpc) is 2.38. The van der Waals surface area contributed by atoms with Crippen LogP contribution in [0.5, 0.6) is 5.75 Å². The Morgan fingerprint density at radius 1 is 1.47 bits per heavy atom. The third kappa shape index (κ3) is 3.77. The van der Waals surface area contributed by atoms with Crippen LogP contribution >= 0.6 is 27.7 Å². The largest absolute Gasteiger partial charge is 0.495 e. The highest BCUT2D eigenvalue weighted by Gasteiger charge is 2.25. The van der Waals surface area contributed by atoms with Crippen LogP contribution in [-0.4, -0.2) is 45.4 Å². The maximum absolute atomic E-state index is 12.4. The fourth-order valence-electron chi connectivity index (χ4n) is 1.42. The number of hydrogen-bond acceptors (Lipinski definition) is 5. The van der Waals surface area contributed by atoms with Gasteiger partial charge in [-0.3, -0.25) is 0 Å². The van der Waals surface area contributed by atoms with Crippen LogP contribution in [0.25, 0.3) is 0 Å². The predicted molar refractivity (Wildman–Crippen MR) is 83.3 cm³/mol. The van der Waals surface area contributed by atoms with Crippen LogP contribution < -0.4 is 10.5 Å². The van der Waals surface area contributed by atoms with Gasteiger partial charge in [-0.15, -0.1) is 0 Å². The van der Waals surface area contributed by atoms with Crippen molar-refractivity contribution in [3.8, 4) is 5.75 Å². The first kappa shape index (κ1) is 16.6. The molecule has 0 heterocycles. The van der Waals surface area contributed by atoms with E-state index in [9.17, 15) is 8.42 Å². The second kappa shape index (κ2) is 6.83. The Morgan fingerprint density at radius 3 is 2.63 bits per heavy atom. The molecule has 0 saturated carbocycles. The van der Waals surface area contributed by atoms with Crippen molar-refractivity contribution in [2.24, 2.45) is 0 Å². The molecule has 1 aromatic carbocycles. The molecule has 1 rings (SSSR count). The molecule has 0 atom stereocenters. The molecule has 0 aromatic heterocycles. The van der Waals surface area contributed by atoms with Gasteiger partial charge in [-0.05, 0) is 34.3 Å². The van der Waals surface area contributed by atoms with Gasteiger partial charge in [-0.25, -0.2) is 8.42 Å². The minimum Gasteiger partial charge on any atom is -0.495 e. The smallest absolute Gasteiger partial charge is 0.246 e. The monoisotopic (exact) mass is 368 g/mol. The van der Waals surface area contributed by atoms with E-state index in [0.717, 1.165) is 5.75 Å². The summed E-state index contributed by atoms with van der Waals surface area (Å²) in [5.74, 6) is 1.00.